The number of hydrogen-bond donors (Lipinski definition) is 2. The lowest BCUT2D eigenvalue weighted by molar-refractivity contribution is -0.126. The Labute approximate surface area is 161 Å². The van der Waals surface area contributed by atoms with Crippen LogP contribution in [-0.2, 0) is 17.4 Å². The molecule has 3 atom stereocenters. The average Bonchev–Trinajstić information content (AvgIpc) is 3.20. The summed E-state index contributed by atoms with van der Waals surface area (Å²) >= 11 is 0. The van der Waals surface area contributed by atoms with Crippen molar-refractivity contribution in [2.45, 2.75) is 39.2 Å². The highest BCUT2D eigenvalue weighted by Crippen LogP contribution is 2.39. The third-order valence-electron chi connectivity index (χ3n) is 6.12. The van der Waals surface area contributed by atoms with Crippen LogP contribution in [0.15, 0.2) is 18.2 Å². The maximum Gasteiger partial charge on any atom is 0.223 e. The molecule has 2 N–H and O–H groups in total. The van der Waals surface area contributed by atoms with E-state index in [-0.39, 0.29) is 24.2 Å². The lowest BCUT2D eigenvalue weighted by atomic mass is 9.94. The van der Waals surface area contributed by atoms with E-state index in [1.165, 1.54) is 5.56 Å². The maximum atomic E-state index is 12.9. The van der Waals surface area contributed by atoms with Gasteiger partial charge in [-0.2, -0.15) is 5.10 Å². The summed E-state index contributed by atoms with van der Waals surface area (Å²) in [6.45, 7) is 8.37. The zero-order chi connectivity index (χ0) is 17.8. The number of aryl methyl sites for hydroxylation is 2. The van der Waals surface area contributed by atoms with Crippen LogP contribution in [0.25, 0.3) is 10.9 Å². The Bertz CT molecular complexity index is 817. The van der Waals surface area contributed by atoms with Gasteiger partial charge in [-0.1, -0.05) is 18.2 Å². The number of amides is 1. The number of halogens is 1. The summed E-state index contributed by atoms with van der Waals surface area (Å²) in [5, 5.41) is 12.6. The maximum absolute atomic E-state index is 12.9. The van der Waals surface area contributed by atoms with Gasteiger partial charge < -0.3 is 10.6 Å². The Morgan fingerprint density at radius 3 is 2.58 bits per heavy atom. The van der Waals surface area contributed by atoms with Crippen LogP contribution in [0, 0.1) is 24.7 Å². The van der Waals surface area contributed by atoms with Gasteiger partial charge in [0, 0.05) is 18.4 Å². The Hall–Kier alpha value is -1.59. The number of nitrogens with zero attached hydrogens (tertiary/aromatic N) is 2. The number of carbonyl (C=O) groups excluding carboxylic acids is 1. The van der Waals surface area contributed by atoms with Crippen molar-refractivity contribution >= 4 is 29.2 Å². The summed E-state index contributed by atoms with van der Waals surface area (Å²) in [6.07, 6.45) is 2.03. The van der Waals surface area contributed by atoms with Gasteiger partial charge in [-0.05, 0) is 64.1 Å². The van der Waals surface area contributed by atoms with E-state index in [0.29, 0.717) is 11.8 Å². The second-order valence-electron chi connectivity index (χ2n) is 8.40. The van der Waals surface area contributed by atoms with Crippen molar-refractivity contribution in [3.63, 3.8) is 0 Å². The van der Waals surface area contributed by atoms with Crippen molar-refractivity contribution < 1.29 is 4.79 Å². The van der Waals surface area contributed by atoms with E-state index in [2.05, 4.69) is 49.6 Å². The van der Waals surface area contributed by atoms with Crippen molar-refractivity contribution in [1.82, 2.24) is 20.4 Å². The molecular formula is C20H29ClN4O. The van der Waals surface area contributed by atoms with Gasteiger partial charge in [0.05, 0.1) is 16.7 Å². The molecule has 0 radical (unpaired) electrons. The zero-order valence-electron chi connectivity index (χ0n) is 16.0. The summed E-state index contributed by atoms with van der Waals surface area (Å²) < 4.78 is 1.93. The minimum atomic E-state index is -0.486. The lowest BCUT2D eigenvalue weighted by Gasteiger charge is -2.27. The summed E-state index contributed by atoms with van der Waals surface area (Å²) in [7, 11) is 1.97. The molecule has 0 bridgehead atoms. The Morgan fingerprint density at radius 2 is 1.92 bits per heavy atom. The van der Waals surface area contributed by atoms with Gasteiger partial charge in [-0.3, -0.25) is 9.48 Å². The summed E-state index contributed by atoms with van der Waals surface area (Å²) in [6, 6.07) is 6.26. The first-order chi connectivity index (χ1) is 11.9. The number of para-hydroxylation sites is 1. The summed E-state index contributed by atoms with van der Waals surface area (Å²) in [4.78, 5) is 12.9. The first kappa shape index (κ1) is 19.2. The molecule has 2 aromatic rings. The second-order valence-corrected chi connectivity index (χ2v) is 8.40. The molecule has 142 valence electrons. The summed E-state index contributed by atoms with van der Waals surface area (Å²) in [5.41, 5.74) is 2.81. The minimum absolute atomic E-state index is 0. The number of aromatic nitrogens is 2. The molecule has 1 aromatic carbocycles. The van der Waals surface area contributed by atoms with Crippen LogP contribution < -0.4 is 10.6 Å². The quantitative estimate of drug-likeness (QED) is 0.865. The molecule has 26 heavy (non-hydrogen) atoms. The number of fused-ring (bicyclic) bond motifs is 2. The predicted octanol–water partition coefficient (Wildman–Crippen LogP) is 2.90. The smallest absolute Gasteiger partial charge is 0.223 e. The minimum Gasteiger partial charge on any atom is -0.345 e. The molecule has 1 unspecified atom stereocenters. The van der Waals surface area contributed by atoms with Gasteiger partial charge in [0.25, 0.3) is 0 Å². The second kappa shape index (κ2) is 6.86. The third-order valence-corrected chi connectivity index (χ3v) is 6.12. The van der Waals surface area contributed by atoms with E-state index in [1.54, 1.807) is 0 Å². The van der Waals surface area contributed by atoms with Crippen molar-refractivity contribution in [2.24, 2.45) is 24.8 Å². The SMILES string of the molecule is Cc1cccc2c(C(C)(C)NC(=O)C3C[C@H]4CNC[C@H]4C3)nn(C)c12.Cl. The zero-order valence-corrected chi connectivity index (χ0v) is 16.8. The number of hydrogen-bond acceptors (Lipinski definition) is 3. The van der Waals surface area contributed by atoms with Crippen molar-refractivity contribution in [2.75, 3.05) is 13.1 Å². The third kappa shape index (κ3) is 3.12. The normalized spacial score (nSPS) is 25.2. The van der Waals surface area contributed by atoms with Crippen molar-refractivity contribution in [3.8, 4) is 0 Å². The van der Waals surface area contributed by atoms with Crippen LogP contribution in [0.1, 0.15) is 37.9 Å². The highest BCUT2D eigenvalue weighted by Gasteiger charge is 2.41. The fourth-order valence-corrected chi connectivity index (χ4v) is 4.84. The Morgan fingerprint density at radius 1 is 1.27 bits per heavy atom. The highest BCUT2D eigenvalue weighted by molar-refractivity contribution is 5.87. The van der Waals surface area contributed by atoms with Crippen molar-refractivity contribution in [1.29, 1.82) is 0 Å². The molecule has 4 rings (SSSR count). The molecule has 5 nitrogen and oxygen atoms in total. The van der Waals surface area contributed by atoms with E-state index < -0.39 is 5.54 Å². The standard InChI is InChI=1S/C20H28N4O.ClH/c1-12-6-5-7-16-17(12)24(4)23-18(16)20(2,3)22-19(25)13-8-14-10-21-11-15(14)9-13;/h5-7,13-15,21H,8-11H2,1-4H3,(H,22,25);1H/t13?,14-,15+;. The van der Waals surface area contributed by atoms with Gasteiger partial charge in [0.15, 0.2) is 0 Å². The highest BCUT2D eigenvalue weighted by atomic mass is 35.5. The molecule has 2 aliphatic rings. The van der Waals surface area contributed by atoms with Gasteiger partial charge in [-0.15, -0.1) is 12.4 Å². The molecule has 1 aliphatic carbocycles. The van der Waals surface area contributed by atoms with Crippen LogP contribution in [0.2, 0.25) is 0 Å². The topological polar surface area (TPSA) is 59.0 Å². The number of nitrogens with one attached hydrogen (secondary N) is 2. The van der Waals surface area contributed by atoms with Crippen LogP contribution in [0.4, 0.5) is 0 Å². The molecule has 1 amide bonds. The average molecular weight is 377 g/mol. The van der Waals surface area contributed by atoms with E-state index in [9.17, 15) is 4.79 Å². The van der Waals surface area contributed by atoms with Crippen LogP contribution >= 0.6 is 12.4 Å². The van der Waals surface area contributed by atoms with Gasteiger partial charge in [0.1, 0.15) is 0 Å². The first-order valence-electron chi connectivity index (χ1n) is 9.32. The monoisotopic (exact) mass is 376 g/mol. The molecule has 1 aromatic heterocycles. The molecule has 1 saturated heterocycles. The van der Waals surface area contributed by atoms with E-state index >= 15 is 0 Å². The molecular weight excluding hydrogens is 348 g/mol. The van der Waals surface area contributed by atoms with E-state index in [4.69, 9.17) is 5.10 Å². The fourth-order valence-electron chi connectivity index (χ4n) is 4.84. The first-order valence-corrected chi connectivity index (χ1v) is 9.32. The molecule has 1 saturated carbocycles. The van der Waals surface area contributed by atoms with Gasteiger partial charge >= 0.3 is 0 Å². The van der Waals surface area contributed by atoms with Crippen LogP contribution in [0.3, 0.4) is 0 Å². The van der Waals surface area contributed by atoms with E-state index in [0.717, 1.165) is 42.5 Å². The lowest BCUT2D eigenvalue weighted by Crippen LogP contribution is -2.44. The molecule has 0 spiro atoms. The van der Waals surface area contributed by atoms with E-state index in [1.807, 2.05) is 11.7 Å². The number of benzene rings is 1. The predicted molar refractivity (Wildman–Crippen MR) is 106 cm³/mol. The molecule has 2 fully saturated rings. The van der Waals surface area contributed by atoms with Gasteiger partial charge in [-0.25, -0.2) is 0 Å². The molecule has 1 aliphatic heterocycles. The van der Waals surface area contributed by atoms with Gasteiger partial charge in [0.2, 0.25) is 5.91 Å². The largest absolute Gasteiger partial charge is 0.345 e. The van der Waals surface area contributed by atoms with Crippen LogP contribution in [-0.4, -0.2) is 28.8 Å². The Kier molecular flexibility index (Phi) is 5.06. The van der Waals surface area contributed by atoms with Crippen molar-refractivity contribution in [3.05, 3.63) is 29.5 Å². The number of rotatable bonds is 3. The molecule has 6 heteroatoms. The number of carbonyl (C=O) groups is 1. The fraction of sp³-hybridized carbons (Fsp3) is 0.600. The Balaban J connectivity index is 0.00000196. The van der Waals surface area contributed by atoms with Crippen LogP contribution in [0.5, 0.6) is 0 Å². The molecule has 2 heterocycles. The summed E-state index contributed by atoms with van der Waals surface area (Å²) in [5.74, 6) is 1.69.